The van der Waals surface area contributed by atoms with Crippen molar-refractivity contribution in [3.05, 3.63) is 51.8 Å². The second kappa shape index (κ2) is 7.76. The number of hydrogen-bond acceptors (Lipinski definition) is 2. The minimum absolute atomic E-state index is 0.412. The molecule has 4 heteroatoms. The molecule has 3 nitrogen and oxygen atoms in total. The summed E-state index contributed by atoms with van der Waals surface area (Å²) < 4.78 is 3.30. The van der Waals surface area contributed by atoms with Crippen molar-refractivity contribution in [3.63, 3.8) is 0 Å². The van der Waals surface area contributed by atoms with Gasteiger partial charge in [0.25, 0.3) is 0 Å². The largest absolute Gasteiger partial charge is 0.316 e. The first-order valence-electron chi connectivity index (χ1n) is 7.64. The van der Waals surface area contributed by atoms with Crippen molar-refractivity contribution < 1.29 is 0 Å². The third kappa shape index (κ3) is 3.95. The van der Waals surface area contributed by atoms with Crippen LogP contribution in [0.5, 0.6) is 0 Å². The van der Waals surface area contributed by atoms with E-state index >= 15 is 0 Å². The molecular weight excluding hydrogens is 326 g/mol. The maximum atomic E-state index is 4.68. The van der Waals surface area contributed by atoms with Crippen molar-refractivity contribution in [2.24, 2.45) is 0 Å². The average molecular weight is 350 g/mol. The van der Waals surface area contributed by atoms with Gasteiger partial charge in [0.1, 0.15) is 0 Å². The number of nitrogens with one attached hydrogen (secondary N) is 1. The zero-order valence-corrected chi connectivity index (χ0v) is 14.7. The monoisotopic (exact) mass is 349 g/mol. The van der Waals surface area contributed by atoms with Crippen molar-refractivity contribution in [2.45, 2.75) is 45.7 Å². The van der Waals surface area contributed by atoms with E-state index in [9.17, 15) is 0 Å². The van der Waals surface area contributed by atoms with E-state index in [1.54, 1.807) is 0 Å². The van der Waals surface area contributed by atoms with Crippen LogP contribution in [0.2, 0.25) is 0 Å². The standard InChI is InChI=1S/C17H24BrN3/c1-4-15-17(18)16(21(5-2)20-15)12-14(19-3)11-13-9-7-6-8-10-13/h6-10,14,19H,4-5,11-12H2,1-3H3. The van der Waals surface area contributed by atoms with Gasteiger partial charge >= 0.3 is 0 Å². The number of likely N-dealkylation sites (N-methyl/N-ethyl adjacent to an activating group) is 1. The first-order chi connectivity index (χ1) is 10.2. The van der Waals surface area contributed by atoms with E-state index in [0.29, 0.717) is 6.04 Å². The summed E-state index contributed by atoms with van der Waals surface area (Å²) in [5, 5.41) is 8.13. The Balaban J connectivity index is 2.16. The van der Waals surface area contributed by atoms with Gasteiger partial charge in [-0.15, -0.1) is 0 Å². The third-order valence-corrected chi connectivity index (χ3v) is 4.78. The summed E-state index contributed by atoms with van der Waals surface area (Å²) in [5.41, 5.74) is 3.82. The summed E-state index contributed by atoms with van der Waals surface area (Å²) in [4.78, 5) is 0. The molecule has 1 aromatic heterocycles. The molecule has 0 aliphatic heterocycles. The lowest BCUT2D eigenvalue weighted by Gasteiger charge is -2.17. The Kier molecular flexibility index (Phi) is 6.00. The molecule has 1 heterocycles. The molecular formula is C17H24BrN3. The molecule has 0 saturated heterocycles. The zero-order valence-electron chi connectivity index (χ0n) is 13.1. The Hall–Kier alpha value is -1.13. The molecule has 1 aromatic carbocycles. The number of aromatic nitrogens is 2. The van der Waals surface area contributed by atoms with Crippen LogP contribution in [0.4, 0.5) is 0 Å². The second-order valence-corrected chi connectivity index (χ2v) is 6.05. The van der Waals surface area contributed by atoms with Crippen molar-refractivity contribution in [3.8, 4) is 0 Å². The fraction of sp³-hybridized carbons (Fsp3) is 0.471. The lowest BCUT2D eigenvalue weighted by atomic mass is 10.0. The van der Waals surface area contributed by atoms with E-state index in [-0.39, 0.29) is 0 Å². The van der Waals surface area contributed by atoms with Crippen LogP contribution in [0, 0.1) is 0 Å². The normalized spacial score (nSPS) is 12.6. The molecule has 0 amide bonds. The first kappa shape index (κ1) is 16.2. The summed E-state index contributed by atoms with van der Waals surface area (Å²) in [5.74, 6) is 0. The molecule has 1 atom stereocenters. The average Bonchev–Trinajstić information content (AvgIpc) is 2.83. The molecule has 0 radical (unpaired) electrons. The van der Waals surface area contributed by atoms with Gasteiger partial charge in [-0.25, -0.2) is 0 Å². The summed E-state index contributed by atoms with van der Waals surface area (Å²) in [7, 11) is 2.04. The third-order valence-electron chi connectivity index (χ3n) is 3.87. The van der Waals surface area contributed by atoms with Crippen molar-refractivity contribution >= 4 is 15.9 Å². The van der Waals surface area contributed by atoms with E-state index < -0.39 is 0 Å². The lowest BCUT2D eigenvalue weighted by Crippen LogP contribution is -2.31. The summed E-state index contributed by atoms with van der Waals surface area (Å²) >= 11 is 3.74. The van der Waals surface area contributed by atoms with Crippen LogP contribution >= 0.6 is 15.9 Å². The molecule has 0 fully saturated rings. The number of nitrogens with zero attached hydrogens (tertiary/aromatic N) is 2. The molecule has 0 aliphatic carbocycles. The summed E-state index contributed by atoms with van der Waals surface area (Å²) in [6, 6.07) is 11.1. The molecule has 0 spiro atoms. The van der Waals surface area contributed by atoms with E-state index in [1.807, 2.05) is 7.05 Å². The van der Waals surface area contributed by atoms with Crippen LogP contribution < -0.4 is 5.32 Å². The number of aryl methyl sites for hydroxylation is 2. The van der Waals surface area contributed by atoms with Crippen LogP contribution in [0.15, 0.2) is 34.8 Å². The van der Waals surface area contributed by atoms with Crippen LogP contribution in [-0.2, 0) is 25.8 Å². The molecule has 1 unspecified atom stereocenters. The minimum atomic E-state index is 0.412. The van der Waals surface area contributed by atoms with E-state index in [4.69, 9.17) is 0 Å². The second-order valence-electron chi connectivity index (χ2n) is 5.26. The fourth-order valence-corrected chi connectivity index (χ4v) is 3.35. The van der Waals surface area contributed by atoms with Crippen LogP contribution in [0.3, 0.4) is 0 Å². The molecule has 114 valence electrons. The van der Waals surface area contributed by atoms with Gasteiger partial charge in [0.05, 0.1) is 15.9 Å². The van der Waals surface area contributed by atoms with E-state index in [1.165, 1.54) is 15.7 Å². The zero-order chi connectivity index (χ0) is 15.2. The van der Waals surface area contributed by atoms with Gasteiger partial charge in [-0.1, -0.05) is 37.3 Å². The number of halogens is 1. The molecule has 0 saturated carbocycles. The van der Waals surface area contributed by atoms with Crippen LogP contribution in [0.1, 0.15) is 30.8 Å². The molecule has 0 aliphatic rings. The van der Waals surface area contributed by atoms with E-state index in [0.717, 1.165) is 31.5 Å². The highest BCUT2D eigenvalue weighted by Crippen LogP contribution is 2.24. The molecule has 1 N–H and O–H groups in total. The van der Waals surface area contributed by atoms with Crippen LogP contribution in [0.25, 0.3) is 0 Å². The predicted molar refractivity (Wildman–Crippen MR) is 91.7 cm³/mol. The fourth-order valence-electron chi connectivity index (χ4n) is 2.62. The van der Waals surface area contributed by atoms with Gasteiger partial charge in [-0.05, 0) is 48.3 Å². The van der Waals surface area contributed by atoms with Gasteiger partial charge < -0.3 is 5.32 Å². The lowest BCUT2D eigenvalue weighted by molar-refractivity contribution is 0.518. The Labute approximate surface area is 135 Å². The Morgan fingerprint density at radius 3 is 2.48 bits per heavy atom. The number of benzene rings is 1. The van der Waals surface area contributed by atoms with Crippen molar-refractivity contribution in [1.82, 2.24) is 15.1 Å². The minimum Gasteiger partial charge on any atom is -0.316 e. The predicted octanol–water partition coefficient (Wildman–Crippen LogP) is 3.60. The van der Waals surface area contributed by atoms with E-state index in [2.05, 4.69) is 75.2 Å². The molecule has 2 rings (SSSR count). The van der Waals surface area contributed by atoms with Gasteiger partial charge in [0.2, 0.25) is 0 Å². The highest BCUT2D eigenvalue weighted by molar-refractivity contribution is 9.10. The maximum Gasteiger partial charge on any atom is 0.0766 e. The maximum absolute atomic E-state index is 4.68. The molecule has 0 bridgehead atoms. The van der Waals surface area contributed by atoms with Gasteiger partial charge in [0.15, 0.2) is 0 Å². The van der Waals surface area contributed by atoms with Gasteiger partial charge in [-0.2, -0.15) is 5.10 Å². The first-order valence-corrected chi connectivity index (χ1v) is 8.44. The molecule has 2 aromatic rings. The SMILES string of the molecule is CCc1nn(CC)c(CC(Cc2ccccc2)NC)c1Br. The highest BCUT2D eigenvalue weighted by atomic mass is 79.9. The Morgan fingerprint density at radius 2 is 1.90 bits per heavy atom. The van der Waals surface area contributed by atoms with Crippen LogP contribution in [-0.4, -0.2) is 22.9 Å². The smallest absolute Gasteiger partial charge is 0.0766 e. The van der Waals surface area contributed by atoms with Crippen molar-refractivity contribution in [2.75, 3.05) is 7.05 Å². The summed E-state index contributed by atoms with van der Waals surface area (Å²) in [6.45, 7) is 5.21. The summed E-state index contributed by atoms with van der Waals surface area (Å²) in [6.07, 6.45) is 2.97. The van der Waals surface area contributed by atoms with Gasteiger partial charge in [0, 0.05) is 19.0 Å². The highest BCUT2D eigenvalue weighted by Gasteiger charge is 2.18. The molecule has 21 heavy (non-hydrogen) atoms. The Morgan fingerprint density at radius 1 is 1.19 bits per heavy atom. The van der Waals surface area contributed by atoms with Crippen molar-refractivity contribution in [1.29, 1.82) is 0 Å². The van der Waals surface area contributed by atoms with Gasteiger partial charge in [-0.3, -0.25) is 4.68 Å². The number of rotatable bonds is 7. The number of hydrogen-bond donors (Lipinski definition) is 1. The topological polar surface area (TPSA) is 29.9 Å². The quantitative estimate of drug-likeness (QED) is 0.827. The Bertz CT molecular complexity index is 563.